The summed E-state index contributed by atoms with van der Waals surface area (Å²) in [7, 11) is 0. The highest BCUT2D eigenvalue weighted by Gasteiger charge is 2.23. The van der Waals surface area contributed by atoms with Crippen molar-refractivity contribution in [3.8, 4) is 11.1 Å². The lowest BCUT2D eigenvalue weighted by molar-refractivity contribution is -0.120. The number of carbonyl (C=O) groups excluding carboxylic acids is 3. The van der Waals surface area contributed by atoms with Gasteiger partial charge >= 0.3 is 0 Å². The third-order valence-electron chi connectivity index (χ3n) is 5.92. The lowest BCUT2D eigenvalue weighted by atomic mass is 10.0. The smallest absolute Gasteiger partial charge is 0.251 e. The van der Waals surface area contributed by atoms with Crippen LogP contribution in [0.3, 0.4) is 0 Å². The first kappa shape index (κ1) is 25.8. The molecule has 1 aromatic heterocycles. The first-order chi connectivity index (χ1) is 18.0. The van der Waals surface area contributed by atoms with E-state index in [1.165, 1.54) is 6.92 Å². The van der Waals surface area contributed by atoms with E-state index in [0.717, 1.165) is 22.5 Å². The first-order valence-corrected chi connectivity index (χ1v) is 12.3. The van der Waals surface area contributed by atoms with Gasteiger partial charge in [0.2, 0.25) is 11.8 Å². The molecule has 1 aliphatic rings. The molecule has 0 saturated carbocycles. The van der Waals surface area contributed by atoms with Gasteiger partial charge < -0.3 is 26.0 Å². The molecule has 4 N–H and O–H groups in total. The molecule has 1 atom stereocenters. The Morgan fingerprint density at radius 2 is 1.76 bits per heavy atom. The normalized spacial score (nSPS) is 14.6. The molecule has 1 aliphatic heterocycles. The van der Waals surface area contributed by atoms with Crippen LogP contribution in [0.1, 0.15) is 30.1 Å². The number of anilines is 3. The Hall–Kier alpha value is -4.24. The molecule has 0 spiro atoms. The maximum absolute atomic E-state index is 13.0. The van der Waals surface area contributed by atoms with Crippen molar-refractivity contribution < 1.29 is 19.1 Å². The van der Waals surface area contributed by atoms with Gasteiger partial charge in [-0.2, -0.15) is 0 Å². The Labute approximate surface area is 216 Å². The van der Waals surface area contributed by atoms with Gasteiger partial charge in [-0.1, -0.05) is 18.2 Å². The maximum atomic E-state index is 13.0. The van der Waals surface area contributed by atoms with Crippen LogP contribution < -0.4 is 21.3 Å². The molecule has 192 valence electrons. The zero-order valence-electron chi connectivity index (χ0n) is 20.8. The van der Waals surface area contributed by atoms with Crippen molar-refractivity contribution in [2.75, 3.05) is 36.9 Å². The summed E-state index contributed by atoms with van der Waals surface area (Å²) in [6.45, 7) is 3.40. The Morgan fingerprint density at radius 3 is 2.51 bits per heavy atom. The van der Waals surface area contributed by atoms with Gasteiger partial charge in [-0.15, -0.1) is 0 Å². The zero-order valence-corrected chi connectivity index (χ0v) is 20.8. The second-order valence-electron chi connectivity index (χ2n) is 8.86. The van der Waals surface area contributed by atoms with Crippen LogP contribution in [-0.4, -0.2) is 49.0 Å². The number of rotatable bonds is 10. The molecule has 0 aliphatic carbocycles. The monoisotopic (exact) mass is 501 g/mol. The van der Waals surface area contributed by atoms with Crippen molar-refractivity contribution >= 4 is 34.9 Å². The molecule has 0 bridgehead atoms. The van der Waals surface area contributed by atoms with Gasteiger partial charge in [0.15, 0.2) is 0 Å². The summed E-state index contributed by atoms with van der Waals surface area (Å²) in [5, 5.41) is 11.9. The summed E-state index contributed by atoms with van der Waals surface area (Å²) >= 11 is 0. The van der Waals surface area contributed by atoms with Gasteiger partial charge in [0.05, 0.1) is 12.5 Å². The number of ether oxygens (including phenoxy) is 1. The summed E-state index contributed by atoms with van der Waals surface area (Å²) in [6, 6.07) is 18.9. The van der Waals surface area contributed by atoms with E-state index in [4.69, 9.17) is 4.74 Å². The average Bonchev–Trinajstić information content (AvgIpc) is 3.44. The SMILES string of the molecule is CC(=O)NCCCNC(=O)c1cc(Nc2ccccc2)cc(-c2ccnc(NC(=O)C3CCOC3)c2)c1. The third kappa shape index (κ3) is 7.62. The van der Waals surface area contributed by atoms with Crippen molar-refractivity contribution in [2.45, 2.75) is 19.8 Å². The highest BCUT2D eigenvalue weighted by atomic mass is 16.5. The van der Waals surface area contributed by atoms with E-state index >= 15 is 0 Å². The molecule has 0 radical (unpaired) electrons. The standard InChI is InChI=1S/C28H31N5O4/c1-19(34)29-10-5-11-31-27(35)23-14-22(15-25(16-23)32-24-6-3-2-4-7-24)20-8-12-30-26(17-20)33-28(36)21-9-13-37-18-21/h2-4,6-8,12,14-17,21,32H,5,9-11,13,18H2,1H3,(H,29,34)(H,31,35)(H,30,33,36). The van der Waals surface area contributed by atoms with Gasteiger partial charge in [0, 0.05) is 49.8 Å². The number of nitrogens with zero attached hydrogens (tertiary/aromatic N) is 1. The molecule has 9 nitrogen and oxygen atoms in total. The minimum Gasteiger partial charge on any atom is -0.381 e. The largest absolute Gasteiger partial charge is 0.381 e. The number of hydrogen-bond donors (Lipinski definition) is 4. The predicted molar refractivity (Wildman–Crippen MR) is 143 cm³/mol. The highest BCUT2D eigenvalue weighted by Crippen LogP contribution is 2.28. The topological polar surface area (TPSA) is 121 Å². The number of amides is 3. The van der Waals surface area contributed by atoms with E-state index in [9.17, 15) is 14.4 Å². The third-order valence-corrected chi connectivity index (χ3v) is 5.92. The molecular weight excluding hydrogens is 470 g/mol. The molecular formula is C28H31N5O4. The van der Waals surface area contributed by atoms with E-state index in [0.29, 0.717) is 50.5 Å². The fourth-order valence-corrected chi connectivity index (χ4v) is 3.99. The van der Waals surface area contributed by atoms with E-state index < -0.39 is 0 Å². The van der Waals surface area contributed by atoms with Gasteiger partial charge in [-0.05, 0) is 66.4 Å². The van der Waals surface area contributed by atoms with Crippen molar-refractivity contribution in [2.24, 2.45) is 5.92 Å². The van der Waals surface area contributed by atoms with Crippen LogP contribution in [0.5, 0.6) is 0 Å². The Bertz CT molecular complexity index is 1240. The van der Waals surface area contributed by atoms with Crippen molar-refractivity contribution in [3.05, 3.63) is 72.4 Å². The van der Waals surface area contributed by atoms with Crippen molar-refractivity contribution in [1.29, 1.82) is 0 Å². The number of nitrogens with one attached hydrogen (secondary N) is 4. The lowest BCUT2D eigenvalue weighted by Crippen LogP contribution is -2.28. The fourth-order valence-electron chi connectivity index (χ4n) is 3.99. The van der Waals surface area contributed by atoms with Gasteiger partial charge in [0.25, 0.3) is 5.91 Å². The molecule has 9 heteroatoms. The number of carbonyl (C=O) groups is 3. The van der Waals surface area contributed by atoms with E-state index in [-0.39, 0.29) is 23.6 Å². The second-order valence-corrected chi connectivity index (χ2v) is 8.86. The Kier molecular flexibility index (Phi) is 8.83. The molecule has 3 aromatic rings. The average molecular weight is 502 g/mol. The lowest BCUT2D eigenvalue weighted by Gasteiger charge is -2.14. The van der Waals surface area contributed by atoms with E-state index in [2.05, 4.69) is 26.3 Å². The molecule has 1 unspecified atom stereocenters. The molecule has 1 fully saturated rings. The molecule has 2 heterocycles. The molecule has 3 amide bonds. The molecule has 2 aromatic carbocycles. The van der Waals surface area contributed by atoms with E-state index in [1.807, 2.05) is 48.5 Å². The second kappa shape index (κ2) is 12.6. The van der Waals surface area contributed by atoms with Gasteiger partial charge in [0.1, 0.15) is 5.82 Å². The minimum absolute atomic E-state index is 0.0971. The van der Waals surface area contributed by atoms with Crippen LogP contribution in [0, 0.1) is 5.92 Å². The van der Waals surface area contributed by atoms with Crippen LogP contribution in [-0.2, 0) is 14.3 Å². The summed E-state index contributed by atoms with van der Waals surface area (Å²) in [5.74, 6) is -0.157. The molecule has 4 rings (SSSR count). The number of pyridine rings is 1. The minimum atomic E-state index is -0.218. The maximum Gasteiger partial charge on any atom is 0.251 e. The van der Waals surface area contributed by atoms with Crippen molar-refractivity contribution in [1.82, 2.24) is 15.6 Å². The van der Waals surface area contributed by atoms with Gasteiger partial charge in [-0.3, -0.25) is 14.4 Å². The summed E-state index contributed by atoms with van der Waals surface area (Å²) in [6.07, 6.45) is 2.96. The summed E-state index contributed by atoms with van der Waals surface area (Å²) in [5.41, 5.74) is 3.73. The zero-order chi connectivity index (χ0) is 26.0. The Morgan fingerprint density at radius 1 is 0.946 bits per heavy atom. The van der Waals surface area contributed by atoms with Gasteiger partial charge in [-0.25, -0.2) is 4.98 Å². The fraction of sp³-hybridized carbons (Fsp3) is 0.286. The number of aromatic nitrogens is 1. The number of para-hydroxylation sites is 1. The summed E-state index contributed by atoms with van der Waals surface area (Å²) < 4.78 is 5.31. The molecule has 37 heavy (non-hydrogen) atoms. The van der Waals surface area contributed by atoms with Crippen LogP contribution in [0.2, 0.25) is 0 Å². The van der Waals surface area contributed by atoms with Crippen LogP contribution >= 0.6 is 0 Å². The Balaban J connectivity index is 1.55. The molecule has 1 saturated heterocycles. The quantitative estimate of drug-likeness (QED) is 0.314. The van der Waals surface area contributed by atoms with Crippen molar-refractivity contribution in [3.63, 3.8) is 0 Å². The highest BCUT2D eigenvalue weighted by molar-refractivity contribution is 5.97. The van der Waals surface area contributed by atoms with E-state index in [1.54, 1.807) is 18.3 Å². The van der Waals surface area contributed by atoms with Crippen LogP contribution in [0.15, 0.2) is 66.9 Å². The number of benzene rings is 2. The number of hydrogen-bond acceptors (Lipinski definition) is 6. The first-order valence-electron chi connectivity index (χ1n) is 12.3. The summed E-state index contributed by atoms with van der Waals surface area (Å²) in [4.78, 5) is 40.8. The predicted octanol–water partition coefficient (Wildman–Crippen LogP) is 3.72. The van der Waals surface area contributed by atoms with Crippen LogP contribution in [0.25, 0.3) is 11.1 Å². The van der Waals surface area contributed by atoms with Crippen LogP contribution in [0.4, 0.5) is 17.2 Å².